The van der Waals surface area contributed by atoms with Crippen LogP contribution in [0, 0.1) is 11.8 Å². The van der Waals surface area contributed by atoms with E-state index in [0.29, 0.717) is 13.1 Å². The van der Waals surface area contributed by atoms with Crippen molar-refractivity contribution in [2.24, 2.45) is 17.6 Å². The predicted octanol–water partition coefficient (Wildman–Crippen LogP) is 3.82. The average molecular weight is 488 g/mol. The lowest BCUT2D eigenvalue weighted by atomic mass is 9.88. The second-order valence-electron chi connectivity index (χ2n) is 9.35. The summed E-state index contributed by atoms with van der Waals surface area (Å²) in [6, 6.07) is 8.03. The zero-order valence-electron chi connectivity index (χ0n) is 19.0. The van der Waals surface area contributed by atoms with E-state index in [1.54, 1.807) is 4.57 Å². The number of para-hydroxylation sites is 2. The Morgan fingerprint density at radius 3 is 2.28 bits per heavy atom. The van der Waals surface area contributed by atoms with Crippen LogP contribution in [0.15, 0.2) is 29.1 Å². The van der Waals surface area contributed by atoms with Gasteiger partial charge >= 0.3 is 5.69 Å². The standard InChI is InChI=1S/C24H38N4O2.2ClH/c25-13-15-27-22-10-6-7-11-23(22)28(24(27)30)21-12-14-26(17-20(21)18-29)16-19-8-4-2-1-3-5-9-19;;/h6-7,10-11,19-21,29H,1-5,8-9,12-18,25H2;2*1H/t20-,21+;;/m1../s1. The minimum atomic E-state index is 0. The molecule has 2 heterocycles. The van der Waals surface area contributed by atoms with E-state index in [1.165, 1.54) is 44.9 Å². The number of piperidine rings is 1. The largest absolute Gasteiger partial charge is 0.396 e. The zero-order valence-corrected chi connectivity index (χ0v) is 20.7. The van der Waals surface area contributed by atoms with Gasteiger partial charge in [0.15, 0.2) is 0 Å². The molecule has 2 aliphatic rings. The highest BCUT2D eigenvalue weighted by Crippen LogP contribution is 2.32. The van der Waals surface area contributed by atoms with Gasteiger partial charge in [0.2, 0.25) is 0 Å². The van der Waals surface area contributed by atoms with Crippen LogP contribution in [0.2, 0.25) is 0 Å². The third-order valence-electron chi connectivity index (χ3n) is 7.31. The molecule has 0 amide bonds. The quantitative estimate of drug-likeness (QED) is 0.650. The summed E-state index contributed by atoms with van der Waals surface area (Å²) in [5.74, 6) is 0.873. The van der Waals surface area contributed by atoms with E-state index >= 15 is 0 Å². The number of aliphatic hydroxyl groups excluding tert-OH is 1. The molecule has 182 valence electrons. The first-order valence-electron chi connectivity index (χ1n) is 12.0. The monoisotopic (exact) mass is 486 g/mol. The minimum absolute atomic E-state index is 0. The number of aliphatic hydroxyl groups is 1. The Labute approximate surface area is 204 Å². The van der Waals surface area contributed by atoms with Gasteiger partial charge < -0.3 is 15.7 Å². The fourth-order valence-electron chi connectivity index (χ4n) is 5.77. The molecule has 0 bridgehead atoms. The Hall–Kier alpha value is -1.05. The van der Waals surface area contributed by atoms with Gasteiger partial charge in [0.05, 0.1) is 11.0 Å². The molecule has 1 aliphatic carbocycles. The summed E-state index contributed by atoms with van der Waals surface area (Å²) in [4.78, 5) is 15.8. The van der Waals surface area contributed by atoms with Crippen LogP contribution >= 0.6 is 24.8 Å². The van der Waals surface area contributed by atoms with Crippen LogP contribution in [0.4, 0.5) is 0 Å². The fraction of sp³-hybridized carbons (Fsp3) is 0.708. The number of fused-ring (bicyclic) bond motifs is 1. The third-order valence-corrected chi connectivity index (χ3v) is 7.31. The highest BCUT2D eigenvalue weighted by atomic mass is 35.5. The van der Waals surface area contributed by atoms with Crippen molar-refractivity contribution in [2.45, 2.75) is 64.0 Å². The van der Waals surface area contributed by atoms with Crippen LogP contribution in [-0.2, 0) is 6.54 Å². The first kappa shape index (κ1) is 27.2. The molecule has 4 rings (SSSR count). The van der Waals surface area contributed by atoms with Gasteiger partial charge in [-0.1, -0.05) is 44.2 Å². The van der Waals surface area contributed by atoms with Crippen molar-refractivity contribution < 1.29 is 5.11 Å². The van der Waals surface area contributed by atoms with Crippen molar-refractivity contribution in [1.82, 2.24) is 14.0 Å². The maximum absolute atomic E-state index is 13.3. The molecule has 2 fully saturated rings. The number of nitrogens with zero attached hydrogens (tertiary/aromatic N) is 3. The van der Waals surface area contributed by atoms with Crippen molar-refractivity contribution in [2.75, 3.05) is 32.8 Å². The molecular formula is C24H40Cl2N4O2. The van der Waals surface area contributed by atoms with Crippen molar-refractivity contribution in [3.8, 4) is 0 Å². The molecule has 3 N–H and O–H groups in total. The van der Waals surface area contributed by atoms with Gasteiger partial charge in [0.1, 0.15) is 0 Å². The number of hydrogen-bond donors (Lipinski definition) is 2. The summed E-state index contributed by atoms with van der Waals surface area (Å²) in [5.41, 5.74) is 7.70. The summed E-state index contributed by atoms with van der Waals surface area (Å²) in [7, 11) is 0. The van der Waals surface area contributed by atoms with Gasteiger partial charge in [-0.15, -0.1) is 24.8 Å². The summed E-state index contributed by atoms with van der Waals surface area (Å²) in [5, 5.41) is 10.2. The first-order chi connectivity index (χ1) is 14.7. The average Bonchev–Trinajstić information content (AvgIpc) is 3.02. The number of nitrogens with two attached hydrogens (primary N) is 1. The minimum Gasteiger partial charge on any atom is -0.396 e. The van der Waals surface area contributed by atoms with E-state index in [1.807, 2.05) is 28.8 Å². The van der Waals surface area contributed by atoms with Gasteiger partial charge in [0.25, 0.3) is 0 Å². The van der Waals surface area contributed by atoms with Crippen LogP contribution in [0.1, 0.15) is 57.4 Å². The SMILES string of the molecule is Cl.Cl.NCCn1c(=O)n([C@H]2CCN(CC3CCCCCCC3)C[C@@H]2CO)c2ccccc21. The first-order valence-corrected chi connectivity index (χ1v) is 12.0. The van der Waals surface area contributed by atoms with Crippen molar-refractivity contribution in [3.63, 3.8) is 0 Å². The lowest BCUT2D eigenvalue weighted by Crippen LogP contribution is -2.46. The van der Waals surface area contributed by atoms with E-state index in [0.717, 1.165) is 43.0 Å². The third kappa shape index (κ3) is 5.89. The predicted molar refractivity (Wildman–Crippen MR) is 136 cm³/mol. The van der Waals surface area contributed by atoms with Gasteiger partial charge in [0, 0.05) is 51.3 Å². The number of likely N-dealkylation sites (tertiary alicyclic amines) is 1. The van der Waals surface area contributed by atoms with Crippen molar-refractivity contribution in [3.05, 3.63) is 34.7 Å². The van der Waals surface area contributed by atoms with E-state index in [-0.39, 0.29) is 49.1 Å². The molecule has 1 aromatic carbocycles. The highest BCUT2D eigenvalue weighted by molar-refractivity contribution is 5.85. The maximum Gasteiger partial charge on any atom is 0.329 e. The molecule has 2 aromatic rings. The van der Waals surface area contributed by atoms with Crippen LogP contribution in [0.3, 0.4) is 0 Å². The van der Waals surface area contributed by atoms with Crippen LogP contribution < -0.4 is 11.4 Å². The van der Waals surface area contributed by atoms with Gasteiger partial charge in [-0.05, 0) is 37.3 Å². The number of benzene rings is 1. The smallest absolute Gasteiger partial charge is 0.329 e. The molecular weight excluding hydrogens is 447 g/mol. The molecule has 1 aromatic heterocycles. The van der Waals surface area contributed by atoms with E-state index < -0.39 is 0 Å². The molecule has 0 unspecified atom stereocenters. The molecule has 2 atom stereocenters. The van der Waals surface area contributed by atoms with Gasteiger partial charge in [-0.2, -0.15) is 0 Å². The topological polar surface area (TPSA) is 76.4 Å². The van der Waals surface area contributed by atoms with E-state index in [2.05, 4.69) is 4.90 Å². The zero-order chi connectivity index (χ0) is 20.9. The van der Waals surface area contributed by atoms with Crippen LogP contribution in [-0.4, -0.2) is 51.9 Å². The lowest BCUT2D eigenvalue weighted by Gasteiger charge is -2.40. The molecule has 1 saturated carbocycles. The molecule has 0 radical (unpaired) electrons. The Bertz CT molecular complexity index is 876. The molecule has 32 heavy (non-hydrogen) atoms. The highest BCUT2D eigenvalue weighted by Gasteiger charge is 2.33. The number of imidazole rings is 1. The van der Waals surface area contributed by atoms with Crippen LogP contribution in [0.25, 0.3) is 11.0 Å². The number of hydrogen-bond acceptors (Lipinski definition) is 4. The van der Waals surface area contributed by atoms with Gasteiger partial charge in [-0.25, -0.2) is 4.79 Å². The summed E-state index contributed by atoms with van der Waals surface area (Å²) < 4.78 is 3.74. The molecule has 0 spiro atoms. The van der Waals surface area contributed by atoms with Crippen LogP contribution in [0.5, 0.6) is 0 Å². The van der Waals surface area contributed by atoms with Crippen molar-refractivity contribution >= 4 is 35.8 Å². The second kappa shape index (κ2) is 13.0. The van der Waals surface area contributed by atoms with Crippen molar-refractivity contribution in [1.29, 1.82) is 0 Å². The number of halogens is 2. The van der Waals surface area contributed by atoms with E-state index in [9.17, 15) is 9.90 Å². The Kier molecular flexibility index (Phi) is 11.0. The van der Waals surface area contributed by atoms with E-state index in [4.69, 9.17) is 5.73 Å². The van der Waals surface area contributed by atoms with Gasteiger partial charge in [-0.3, -0.25) is 9.13 Å². The molecule has 6 nitrogen and oxygen atoms in total. The molecule has 8 heteroatoms. The summed E-state index contributed by atoms with van der Waals surface area (Å²) in [6.07, 6.45) is 10.5. The Morgan fingerprint density at radius 2 is 1.62 bits per heavy atom. The fourth-order valence-corrected chi connectivity index (χ4v) is 5.77. The molecule has 1 saturated heterocycles. The summed E-state index contributed by atoms with van der Waals surface area (Å²) in [6.45, 7) is 4.11. The Morgan fingerprint density at radius 1 is 0.969 bits per heavy atom. The number of rotatable bonds is 6. The molecule has 1 aliphatic heterocycles. The maximum atomic E-state index is 13.3. The lowest BCUT2D eigenvalue weighted by molar-refractivity contribution is 0.0647. The summed E-state index contributed by atoms with van der Waals surface area (Å²) >= 11 is 0. The normalized spacial score (nSPS) is 23.2. The Balaban J connectivity index is 0.00000181. The second-order valence-corrected chi connectivity index (χ2v) is 9.35. The number of aromatic nitrogens is 2.